The van der Waals surface area contributed by atoms with E-state index in [4.69, 9.17) is 19.7 Å². The Morgan fingerprint density at radius 3 is 2.05 bits per heavy atom. The number of aliphatic carboxylic acids is 2. The van der Waals surface area contributed by atoms with E-state index in [-0.39, 0.29) is 24.0 Å². The summed E-state index contributed by atoms with van der Waals surface area (Å²) in [6.45, 7) is 2.92. The second kappa shape index (κ2) is 18.9. The molecule has 0 atom stereocenters. The number of rotatable bonds is 12. The molecule has 6 rings (SSSR count). The Morgan fingerprint density at radius 2 is 1.48 bits per heavy atom. The van der Waals surface area contributed by atoms with Gasteiger partial charge in [0, 0.05) is 81.5 Å². The molecule has 2 amide bonds. The number of benzene rings is 3. The van der Waals surface area contributed by atoms with Crippen LogP contribution in [0.5, 0.6) is 17.4 Å². The third-order valence-electron chi connectivity index (χ3n) is 9.03. The highest BCUT2D eigenvalue weighted by atomic mass is 19.4. The molecular weight excluding hydrogens is 766 g/mol. The third-order valence-corrected chi connectivity index (χ3v) is 9.03. The highest BCUT2D eigenvalue weighted by Gasteiger charge is 2.30. The average molecular weight is 806 g/mol. The quantitative estimate of drug-likeness (QED) is 0.103. The van der Waals surface area contributed by atoms with Gasteiger partial charge >= 0.3 is 18.1 Å². The van der Waals surface area contributed by atoms with Crippen molar-refractivity contribution < 1.29 is 56.4 Å². The number of carboxylic acid groups (broad SMARTS) is 2. The van der Waals surface area contributed by atoms with Gasteiger partial charge in [0.05, 0.1) is 17.4 Å². The molecule has 1 saturated heterocycles. The molecule has 1 aliphatic rings. The smallest absolute Gasteiger partial charge is 0.416 e. The van der Waals surface area contributed by atoms with E-state index in [0.717, 1.165) is 60.4 Å². The van der Waals surface area contributed by atoms with E-state index < -0.39 is 36.3 Å². The number of nitrogens with zero attached hydrogens (tertiary/aromatic N) is 5. The van der Waals surface area contributed by atoms with Gasteiger partial charge in [-0.25, -0.2) is 19.0 Å². The number of carbonyl (C=O) groups excluding carboxylic acids is 2. The van der Waals surface area contributed by atoms with Gasteiger partial charge in [0.15, 0.2) is 0 Å². The van der Waals surface area contributed by atoms with Crippen molar-refractivity contribution in [3.63, 3.8) is 0 Å². The van der Waals surface area contributed by atoms with E-state index in [1.807, 2.05) is 59.0 Å². The van der Waals surface area contributed by atoms with E-state index >= 15 is 0 Å². The van der Waals surface area contributed by atoms with E-state index in [9.17, 15) is 36.7 Å². The van der Waals surface area contributed by atoms with Crippen molar-refractivity contribution in [1.82, 2.24) is 19.4 Å². The molecule has 0 bridgehead atoms. The van der Waals surface area contributed by atoms with Gasteiger partial charge in [-0.15, -0.1) is 0 Å². The van der Waals surface area contributed by atoms with Crippen LogP contribution in [-0.4, -0.2) is 99.8 Å². The Kier molecular flexibility index (Phi) is 13.8. The largest absolute Gasteiger partial charge is 0.491 e. The van der Waals surface area contributed by atoms with Crippen LogP contribution in [0.4, 0.5) is 23.2 Å². The predicted octanol–water partition coefficient (Wildman–Crippen LogP) is 6.68. The lowest BCUT2D eigenvalue weighted by molar-refractivity contribution is -0.137. The SMILES string of the molecule is CN(C(=O)c1ccc(C(F)(F)F)cc1)c1ccc(Oc2ccc3c(c2)cc(C(=O)N2CCN(Cc4ccc(OCCF)cc4)CC2)n3C)nc1.O=C(O)/C=C\C(=O)O. The summed E-state index contributed by atoms with van der Waals surface area (Å²) < 4.78 is 64.2. The van der Waals surface area contributed by atoms with Crippen LogP contribution in [0.3, 0.4) is 0 Å². The van der Waals surface area contributed by atoms with Gasteiger partial charge in [0.2, 0.25) is 5.88 Å². The number of amides is 2. The number of fused-ring (bicyclic) bond motifs is 1. The normalized spacial score (nSPS) is 13.2. The van der Waals surface area contributed by atoms with E-state index in [1.165, 1.54) is 18.1 Å². The lowest BCUT2D eigenvalue weighted by atomic mass is 10.1. The molecule has 2 aromatic heterocycles. The number of aromatic nitrogens is 2. The number of piperazine rings is 1. The third kappa shape index (κ3) is 11.2. The zero-order valence-corrected chi connectivity index (χ0v) is 31.4. The first-order valence-electron chi connectivity index (χ1n) is 17.7. The minimum atomic E-state index is -4.49. The van der Waals surface area contributed by atoms with Crippen molar-refractivity contribution in [3.8, 4) is 17.4 Å². The van der Waals surface area contributed by atoms with Crippen molar-refractivity contribution in [2.75, 3.05) is 51.4 Å². The van der Waals surface area contributed by atoms with Gasteiger partial charge in [-0.05, 0) is 72.3 Å². The number of hydrogen-bond donors (Lipinski definition) is 2. The molecule has 3 heterocycles. The van der Waals surface area contributed by atoms with Crippen molar-refractivity contribution >= 4 is 40.3 Å². The highest BCUT2D eigenvalue weighted by molar-refractivity contribution is 6.05. The number of alkyl halides is 4. The van der Waals surface area contributed by atoms with Crippen LogP contribution in [0, 0.1) is 0 Å². The van der Waals surface area contributed by atoms with Crippen LogP contribution in [0.2, 0.25) is 0 Å². The molecule has 2 N–H and O–H groups in total. The van der Waals surface area contributed by atoms with Gasteiger partial charge in [-0.3, -0.25) is 14.5 Å². The fourth-order valence-electron chi connectivity index (χ4n) is 5.98. The fraction of sp³-hybridized carbons (Fsp3) is 0.244. The molecule has 0 unspecified atom stereocenters. The monoisotopic (exact) mass is 805 g/mol. The Bertz CT molecular complexity index is 2240. The first kappa shape index (κ1) is 42.4. The van der Waals surface area contributed by atoms with Crippen LogP contribution in [0.1, 0.15) is 32.0 Å². The molecule has 1 aliphatic heterocycles. The summed E-state index contributed by atoms with van der Waals surface area (Å²) in [7, 11) is 3.37. The highest BCUT2D eigenvalue weighted by Crippen LogP contribution is 2.31. The summed E-state index contributed by atoms with van der Waals surface area (Å²) in [4.78, 5) is 55.3. The number of anilines is 1. The van der Waals surface area contributed by atoms with Crippen molar-refractivity contribution in [3.05, 3.63) is 126 Å². The summed E-state index contributed by atoms with van der Waals surface area (Å²) in [6.07, 6.45) is -1.93. The standard InChI is InChI=1S/C37H35F4N5O4.C4H4O4/c1-43(35(47)26-5-7-28(8-6-26)37(39,40)41)29-9-14-34(42-23-29)50-31-12-13-32-27(21-31)22-33(44(32)2)36(48)46-18-16-45(17-19-46)24-25-3-10-30(11-4-25)49-20-15-38;5-3(6)1-2-4(7)8/h3-14,21-23H,15-20,24H2,1-2H3;1-2H,(H,5,6)(H,7,8)/b;2-1-. The summed E-state index contributed by atoms with van der Waals surface area (Å²) in [5, 5.41) is 16.4. The summed E-state index contributed by atoms with van der Waals surface area (Å²) >= 11 is 0. The van der Waals surface area contributed by atoms with E-state index in [0.29, 0.717) is 48.1 Å². The van der Waals surface area contributed by atoms with Gasteiger partial charge in [-0.2, -0.15) is 13.2 Å². The lowest BCUT2D eigenvalue weighted by Gasteiger charge is -2.34. The summed E-state index contributed by atoms with van der Waals surface area (Å²) in [6, 6.07) is 22.2. The number of ether oxygens (including phenoxy) is 2. The maximum atomic E-state index is 13.6. The lowest BCUT2D eigenvalue weighted by Crippen LogP contribution is -2.48. The van der Waals surface area contributed by atoms with Crippen LogP contribution >= 0.6 is 0 Å². The average Bonchev–Trinajstić information content (AvgIpc) is 3.54. The Hall–Kier alpha value is -6.75. The number of hydrogen-bond acceptors (Lipinski definition) is 8. The van der Waals surface area contributed by atoms with Gasteiger partial charge in [0.1, 0.15) is 30.5 Å². The Balaban J connectivity index is 0.000000725. The summed E-state index contributed by atoms with van der Waals surface area (Å²) in [5.41, 5.74) is 2.26. The molecule has 0 radical (unpaired) electrons. The van der Waals surface area contributed by atoms with Gasteiger partial charge in [-0.1, -0.05) is 12.1 Å². The number of halogens is 4. The van der Waals surface area contributed by atoms with Crippen molar-refractivity contribution in [2.45, 2.75) is 12.7 Å². The molecule has 58 heavy (non-hydrogen) atoms. The first-order valence-corrected chi connectivity index (χ1v) is 17.7. The zero-order chi connectivity index (χ0) is 42.0. The summed E-state index contributed by atoms with van der Waals surface area (Å²) in [5.74, 6) is -1.63. The maximum Gasteiger partial charge on any atom is 0.416 e. The van der Waals surface area contributed by atoms with Crippen molar-refractivity contribution in [2.24, 2.45) is 7.05 Å². The molecule has 13 nitrogen and oxygen atoms in total. The van der Waals surface area contributed by atoms with E-state index in [2.05, 4.69) is 9.88 Å². The van der Waals surface area contributed by atoms with Crippen LogP contribution in [0.15, 0.2) is 103 Å². The maximum absolute atomic E-state index is 13.6. The minimum absolute atomic E-state index is 0.0406. The minimum Gasteiger partial charge on any atom is -0.491 e. The molecule has 1 fully saturated rings. The number of pyridine rings is 1. The van der Waals surface area contributed by atoms with Gasteiger partial charge < -0.3 is 34.1 Å². The number of carbonyl (C=O) groups is 4. The molecule has 5 aromatic rings. The zero-order valence-electron chi connectivity index (χ0n) is 31.4. The van der Waals surface area contributed by atoms with Crippen LogP contribution in [0.25, 0.3) is 10.9 Å². The van der Waals surface area contributed by atoms with E-state index in [1.54, 1.807) is 18.2 Å². The second-order valence-corrected chi connectivity index (χ2v) is 13.0. The second-order valence-electron chi connectivity index (χ2n) is 13.0. The molecule has 0 saturated carbocycles. The number of carboxylic acids is 2. The number of aryl methyl sites for hydroxylation is 1. The molecule has 304 valence electrons. The Morgan fingerprint density at radius 1 is 0.845 bits per heavy atom. The molecule has 17 heteroatoms. The first-order chi connectivity index (χ1) is 27.6. The van der Waals surface area contributed by atoms with Crippen LogP contribution in [-0.2, 0) is 29.4 Å². The predicted molar refractivity (Wildman–Crippen MR) is 205 cm³/mol. The molecule has 3 aromatic carbocycles. The van der Waals surface area contributed by atoms with Gasteiger partial charge in [0.25, 0.3) is 11.8 Å². The fourth-order valence-corrected chi connectivity index (χ4v) is 5.98. The molecule has 0 aliphatic carbocycles. The molecule has 0 spiro atoms. The molecular formula is C41H39F4N5O8. The van der Waals surface area contributed by atoms with Crippen molar-refractivity contribution in [1.29, 1.82) is 0 Å². The van der Waals surface area contributed by atoms with Crippen LogP contribution < -0.4 is 14.4 Å². The Labute approximate surface area is 329 Å². The topological polar surface area (TPSA) is 155 Å².